The summed E-state index contributed by atoms with van der Waals surface area (Å²) in [7, 11) is 0. The van der Waals surface area contributed by atoms with E-state index in [4.69, 9.17) is 5.73 Å². The van der Waals surface area contributed by atoms with Crippen LogP contribution in [0.3, 0.4) is 0 Å². The van der Waals surface area contributed by atoms with E-state index in [0.29, 0.717) is 0 Å². The van der Waals surface area contributed by atoms with Gasteiger partial charge in [0.05, 0.1) is 10.7 Å². The fraction of sp³-hybridized carbons (Fsp3) is 0.125. The third-order valence-electron chi connectivity index (χ3n) is 3.18. The number of nitrogen functional groups attached to an aromatic ring is 1. The van der Waals surface area contributed by atoms with E-state index in [1.807, 2.05) is 43.5 Å². The zero-order valence-corrected chi connectivity index (χ0v) is 12.0. The van der Waals surface area contributed by atoms with Gasteiger partial charge < -0.3 is 5.73 Å². The van der Waals surface area contributed by atoms with Crippen molar-refractivity contribution in [3.63, 3.8) is 0 Å². The largest absolute Gasteiger partial charge is 0.399 e. The number of aromatic nitrogens is 2. The summed E-state index contributed by atoms with van der Waals surface area (Å²) in [6, 6.07) is 12.0. The Balaban J connectivity index is 1.84. The average Bonchev–Trinajstić information content (AvgIpc) is 2.91. The molecular formula is C16H15N3S. The maximum atomic E-state index is 5.85. The van der Waals surface area contributed by atoms with Gasteiger partial charge in [0.15, 0.2) is 0 Å². The van der Waals surface area contributed by atoms with E-state index >= 15 is 0 Å². The van der Waals surface area contributed by atoms with Crippen LogP contribution in [0.25, 0.3) is 11.3 Å². The number of pyridine rings is 1. The van der Waals surface area contributed by atoms with Gasteiger partial charge in [-0.2, -0.15) is 0 Å². The van der Waals surface area contributed by atoms with E-state index in [0.717, 1.165) is 39.6 Å². The van der Waals surface area contributed by atoms with Crippen molar-refractivity contribution >= 4 is 17.0 Å². The number of hydrogen-bond acceptors (Lipinski definition) is 4. The molecule has 3 rings (SSSR count). The number of benzene rings is 1. The van der Waals surface area contributed by atoms with E-state index in [2.05, 4.69) is 21.4 Å². The second kappa shape index (κ2) is 5.43. The molecule has 0 bridgehead atoms. The number of aryl methyl sites for hydroxylation is 1. The highest BCUT2D eigenvalue weighted by Gasteiger charge is 2.07. The normalized spacial score (nSPS) is 10.7. The molecule has 20 heavy (non-hydrogen) atoms. The summed E-state index contributed by atoms with van der Waals surface area (Å²) in [6.07, 6.45) is 2.59. The zero-order chi connectivity index (χ0) is 13.9. The van der Waals surface area contributed by atoms with Crippen LogP contribution in [-0.4, -0.2) is 9.97 Å². The van der Waals surface area contributed by atoms with Crippen molar-refractivity contribution in [3.05, 3.63) is 64.2 Å². The standard InChI is InChI=1S/C16H15N3S/c1-11-8-12(5-6-14(11)17)15-10-20-16(19-15)9-13-4-2-3-7-18-13/h2-8,10H,9,17H2,1H3. The van der Waals surface area contributed by atoms with Crippen LogP contribution in [0.1, 0.15) is 16.3 Å². The van der Waals surface area contributed by atoms with Crippen LogP contribution in [0, 0.1) is 6.92 Å². The van der Waals surface area contributed by atoms with E-state index < -0.39 is 0 Å². The van der Waals surface area contributed by atoms with Crippen LogP contribution in [0.5, 0.6) is 0 Å². The van der Waals surface area contributed by atoms with Gasteiger partial charge in [-0.05, 0) is 36.8 Å². The van der Waals surface area contributed by atoms with Gasteiger partial charge in [-0.1, -0.05) is 12.1 Å². The molecule has 0 amide bonds. The van der Waals surface area contributed by atoms with Crippen molar-refractivity contribution in [1.29, 1.82) is 0 Å². The average molecular weight is 281 g/mol. The molecule has 0 aliphatic heterocycles. The molecule has 0 unspecified atom stereocenters. The number of anilines is 1. The Kier molecular flexibility index (Phi) is 3.48. The van der Waals surface area contributed by atoms with E-state index in [1.165, 1.54) is 0 Å². The van der Waals surface area contributed by atoms with Crippen LogP contribution in [-0.2, 0) is 6.42 Å². The minimum atomic E-state index is 0.777. The molecule has 4 heteroatoms. The van der Waals surface area contributed by atoms with Gasteiger partial charge in [0.1, 0.15) is 0 Å². The summed E-state index contributed by atoms with van der Waals surface area (Å²) in [6.45, 7) is 2.01. The summed E-state index contributed by atoms with van der Waals surface area (Å²) in [5.74, 6) is 0. The smallest absolute Gasteiger partial charge is 0.0992 e. The minimum absolute atomic E-state index is 0.777. The molecule has 0 aliphatic rings. The Labute approximate surface area is 122 Å². The molecule has 0 aliphatic carbocycles. The lowest BCUT2D eigenvalue weighted by molar-refractivity contribution is 1.05. The Morgan fingerprint density at radius 2 is 2.10 bits per heavy atom. The highest BCUT2D eigenvalue weighted by Crippen LogP contribution is 2.25. The van der Waals surface area contributed by atoms with Crippen molar-refractivity contribution < 1.29 is 0 Å². The highest BCUT2D eigenvalue weighted by molar-refractivity contribution is 7.10. The van der Waals surface area contributed by atoms with E-state index in [-0.39, 0.29) is 0 Å². The predicted molar refractivity (Wildman–Crippen MR) is 83.7 cm³/mol. The van der Waals surface area contributed by atoms with E-state index in [9.17, 15) is 0 Å². The predicted octanol–water partition coefficient (Wildman–Crippen LogP) is 3.69. The first-order chi connectivity index (χ1) is 9.72. The fourth-order valence-corrected chi connectivity index (χ4v) is 2.84. The molecular weight excluding hydrogens is 266 g/mol. The molecule has 0 spiro atoms. The fourth-order valence-electron chi connectivity index (χ4n) is 2.02. The van der Waals surface area contributed by atoms with Crippen LogP contribution in [0.15, 0.2) is 48.0 Å². The van der Waals surface area contributed by atoms with Crippen LogP contribution in [0.4, 0.5) is 5.69 Å². The van der Waals surface area contributed by atoms with Gasteiger partial charge in [-0.3, -0.25) is 4.98 Å². The lowest BCUT2D eigenvalue weighted by Crippen LogP contribution is -1.91. The first-order valence-corrected chi connectivity index (χ1v) is 7.31. The van der Waals surface area contributed by atoms with Gasteiger partial charge in [-0.15, -0.1) is 11.3 Å². The monoisotopic (exact) mass is 281 g/mol. The quantitative estimate of drug-likeness (QED) is 0.745. The molecule has 2 N–H and O–H groups in total. The van der Waals surface area contributed by atoms with Gasteiger partial charge in [0.2, 0.25) is 0 Å². The topological polar surface area (TPSA) is 51.8 Å². The Morgan fingerprint density at radius 3 is 2.85 bits per heavy atom. The molecule has 0 saturated carbocycles. The van der Waals surface area contributed by atoms with Crippen LogP contribution < -0.4 is 5.73 Å². The van der Waals surface area contributed by atoms with Gasteiger partial charge in [0, 0.05) is 34.9 Å². The van der Waals surface area contributed by atoms with Crippen molar-refractivity contribution in [2.45, 2.75) is 13.3 Å². The summed E-state index contributed by atoms with van der Waals surface area (Å²) >= 11 is 1.67. The molecule has 100 valence electrons. The molecule has 0 saturated heterocycles. The van der Waals surface area contributed by atoms with Crippen molar-refractivity contribution in [3.8, 4) is 11.3 Å². The SMILES string of the molecule is Cc1cc(-c2csc(Cc3ccccn3)n2)ccc1N. The molecule has 1 aromatic carbocycles. The maximum absolute atomic E-state index is 5.85. The summed E-state index contributed by atoms with van der Waals surface area (Å²) in [5.41, 5.74) is 10.9. The lowest BCUT2D eigenvalue weighted by atomic mass is 10.1. The van der Waals surface area contributed by atoms with Crippen molar-refractivity contribution in [1.82, 2.24) is 9.97 Å². The molecule has 0 atom stereocenters. The summed E-state index contributed by atoms with van der Waals surface area (Å²) in [5, 5.41) is 3.16. The highest BCUT2D eigenvalue weighted by atomic mass is 32.1. The van der Waals surface area contributed by atoms with Crippen molar-refractivity contribution in [2.24, 2.45) is 0 Å². The molecule has 3 nitrogen and oxygen atoms in total. The molecule has 0 fully saturated rings. The summed E-state index contributed by atoms with van der Waals surface area (Å²) < 4.78 is 0. The second-order valence-electron chi connectivity index (χ2n) is 4.70. The molecule has 2 heterocycles. The van der Waals surface area contributed by atoms with E-state index in [1.54, 1.807) is 11.3 Å². The van der Waals surface area contributed by atoms with Crippen LogP contribution >= 0.6 is 11.3 Å². The van der Waals surface area contributed by atoms with Gasteiger partial charge >= 0.3 is 0 Å². The first kappa shape index (κ1) is 12.8. The number of thiazole rings is 1. The summed E-state index contributed by atoms with van der Waals surface area (Å²) in [4.78, 5) is 9.02. The molecule has 2 aromatic heterocycles. The van der Waals surface area contributed by atoms with Gasteiger partial charge in [0.25, 0.3) is 0 Å². The van der Waals surface area contributed by atoms with Gasteiger partial charge in [-0.25, -0.2) is 4.98 Å². The van der Waals surface area contributed by atoms with Crippen LogP contribution in [0.2, 0.25) is 0 Å². The molecule has 3 aromatic rings. The third kappa shape index (κ3) is 2.70. The number of hydrogen-bond donors (Lipinski definition) is 1. The number of nitrogens with two attached hydrogens (primary N) is 1. The Hall–Kier alpha value is -2.20. The third-order valence-corrected chi connectivity index (χ3v) is 4.02. The molecule has 0 radical (unpaired) electrons. The number of nitrogens with zero attached hydrogens (tertiary/aromatic N) is 2. The lowest BCUT2D eigenvalue weighted by Gasteiger charge is -2.02. The Bertz CT molecular complexity index is 720. The number of rotatable bonds is 3. The zero-order valence-electron chi connectivity index (χ0n) is 11.2. The maximum Gasteiger partial charge on any atom is 0.0992 e. The second-order valence-corrected chi connectivity index (χ2v) is 5.64. The minimum Gasteiger partial charge on any atom is -0.399 e. The Morgan fingerprint density at radius 1 is 1.20 bits per heavy atom. The van der Waals surface area contributed by atoms with Crippen molar-refractivity contribution in [2.75, 3.05) is 5.73 Å². The first-order valence-electron chi connectivity index (χ1n) is 6.43.